The lowest BCUT2D eigenvalue weighted by Gasteiger charge is -2.29. The van der Waals surface area contributed by atoms with Gasteiger partial charge in [-0.15, -0.1) is 10.2 Å². The minimum absolute atomic E-state index is 0.0708. The number of aromatic amines is 1. The summed E-state index contributed by atoms with van der Waals surface area (Å²) in [7, 11) is 0. The maximum Gasteiger partial charge on any atom is 0.297 e. The molecule has 1 amide bonds. The number of amides is 1. The topological polar surface area (TPSA) is 126 Å². The Kier molecular flexibility index (Phi) is 5.72. The molecule has 0 atom stereocenters. The maximum atomic E-state index is 12.8. The first-order chi connectivity index (χ1) is 17.6. The highest BCUT2D eigenvalue weighted by atomic mass is 16.5. The molecule has 36 heavy (non-hydrogen) atoms. The average molecular weight is 488 g/mol. The number of nitrogens with one attached hydrogen (secondary N) is 1. The number of rotatable bonds is 7. The first-order valence-corrected chi connectivity index (χ1v) is 11.9. The summed E-state index contributed by atoms with van der Waals surface area (Å²) in [6.45, 7) is 5.13. The van der Waals surface area contributed by atoms with Crippen LogP contribution in [0.5, 0.6) is 5.75 Å². The third kappa shape index (κ3) is 4.35. The van der Waals surface area contributed by atoms with Gasteiger partial charge in [0.2, 0.25) is 11.7 Å². The highest BCUT2D eigenvalue weighted by Crippen LogP contribution is 2.34. The number of tetrazole rings is 1. The summed E-state index contributed by atoms with van der Waals surface area (Å²) in [4.78, 5) is 21.3. The lowest BCUT2D eigenvalue weighted by atomic mass is 9.96. The Bertz CT molecular complexity index is 1390. The molecule has 4 aromatic rings. The second-order valence-electron chi connectivity index (χ2n) is 8.84. The molecule has 11 nitrogen and oxygen atoms in total. The number of H-pyrrole nitrogens is 1. The van der Waals surface area contributed by atoms with Gasteiger partial charge in [0.1, 0.15) is 29.6 Å². The number of nitrogens with zero attached hydrogens (tertiary/aromatic N) is 6. The van der Waals surface area contributed by atoms with Crippen LogP contribution in [-0.2, 0) is 24.4 Å². The average Bonchev–Trinajstić information content (AvgIpc) is 3.62. The van der Waals surface area contributed by atoms with Gasteiger partial charge in [-0.1, -0.05) is 0 Å². The van der Waals surface area contributed by atoms with Crippen molar-refractivity contribution in [3.63, 3.8) is 0 Å². The molecule has 184 valence electrons. The normalized spacial score (nSPS) is 15.2. The molecule has 0 bridgehead atoms. The molecule has 1 saturated heterocycles. The van der Waals surface area contributed by atoms with Crippen molar-refractivity contribution in [2.75, 3.05) is 24.5 Å². The predicted octanol–water partition coefficient (Wildman–Crippen LogP) is 3.14. The summed E-state index contributed by atoms with van der Waals surface area (Å²) in [5.74, 6) is 2.35. The van der Waals surface area contributed by atoms with E-state index in [1.807, 2.05) is 25.1 Å². The Morgan fingerprint density at radius 3 is 2.92 bits per heavy atom. The third-order valence-corrected chi connectivity index (χ3v) is 6.52. The van der Waals surface area contributed by atoms with E-state index in [0.29, 0.717) is 42.9 Å². The van der Waals surface area contributed by atoms with Crippen LogP contribution in [0.2, 0.25) is 0 Å². The number of ether oxygens (including phenoxy) is 1. The lowest BCUT2D eigenvalue weighted by Crippen LogP contribution is -2.37. The number of hydrogen-bond donors (Lipinski definition) is 1. The summed E-state index contributed by atoms with van der Waals surface area (Å²) < 4.78 is 17.3. The minimum Gasteiger partial charge on any atom is -0.486 e. The molecule has 1 aromatic carbocycles. The Balaban J connectivity index is 1.23. The van der Waals surface area contributed by atoms with Crippen LogP contribution in [0.4, 0.5) is 6.01 Å². The minimum atomic E-state index is -0.0708. The van der Waals surface area contributed by atoms with Crippen LogP contribution < -0.4 is 9.64 Å². The molecular weight excluding hydrogens is 462 g/mol. The lowest BCUT2D eigenvalue weighted by molar-refractivity contribution is -0.126. The number of furan rings is 1. The van der Waals surface area contributed by atoms with Crippen LogP contribution in [0.15, 0.2) is 45.4 Å². The van der Waals surface area contributed by atoms with Crippen LogP contribution in [0.3, 0.4) is 0 Å². The van der Waals surface area contributed by atoms with Crippen molar-refractivity contribution in [1.29, 1.82) is 0 Å². The van der Waals surface area contributed by atoms with Crippen molar-refractivity contribution < 1.29 is 18.4 Å². The van der Waals surface area contributed by atoms with E-state index < -0.39 is 0 Å². The molecule has 0 unspecified atom stereocenters. The number of fused-ring (bicyclic) bond motifs is 1. The van der Waals surface area contributed by atoms with E-state index in [-0.39, 0.29) is 12.5 Å². The molecule has 0 aliphatic carbocycles. The Morgan fingerprint density at radius 1 is 1.25 bits per heavy atom. The number of aryl methyl sites for hydroxylation is 1. The standard InChI is InChI=1S/C25H25N7O4/c1-16-21(26-25(36-16)31-8-3-9-31)15-35-22-13-18-14-32(23(33)6-5-19-4-2-11-34-19)10-7-17(18)12-20(22)24-27-29-30-28-24/h2,4-6,11-13H,3,7-10,14-15H2,1H3,(H,27,28,29,30)/b6-5+. The van der Waals surface area contributed by atoms with E-state index in [9.17, 15) is 4.79 Å². The smallest absolute Gasteiger partial charge is 0.297 e. The zero-order valence-electron chi connectivity index (χ0n) is 19.8. The summed E-state index contributed by atoms with van der Waals surface area (Å²) in [5.41, 5.74) is 3.62. The van der Waals surface area contributed by atoms with Crippen LogP contribution >= 0.6 is 0 Å². The molecule has 0 radical (unpaired) electrons. The highest BCUT2D eigenvalue weighted by Gasteiger charge is 2.25. The van der Waals surface area contributed by atoms with Gasteiger partial charge in [-0.2, -0.15) is 10.2 Å². The highest BCUT2D eigenvalue weighted by molar-refractivity contribution is 5.91. The zero-order chi connectivity index (χ0) is 24.5. The van der Waals surface area contributed by atoms with Crippen molar-refractivity contribution >= 4 is 18.0 Å². The van der Waals surface area contributed by atoms with Gasteiger partial charge in [-0.05, 0) is 66.4 Å². The Labute approximate surface area is 206 Å². The molecule has 0 spiro atoms. The molecule has 11 heteroatoms. The first kappa shape index (κ1) is 22.1. The van der Waals surface area contributed by atoms with Crippen LogP contribution in [0.1, 0.15) is 34.8 Å². The largest absolute Gasteiger partial charge is 0.486 e. The Morgan fingerprint density at radius 2 is 2.17 bits per heavy atom. The molecule has 5 heterocycles. The fraction of sp³-hybridized carbons (Fsp3) is 0.320. The number of anilines is 1. The van der Waals surface area contributed by atoms with Crippen molar-refractivity contribution in [2.45, 2.75) is 32.9 Å². The molecule has 6 rings (SSSR count). The summed E-state index contributed by atoms with van der Waals surface area (Å²) in [5, 5.41) is 14.5. The van der Waals surface area contributed by atoms with Gasteiger partial charge in [-0.3, -0.25) is 4.79 Å². The fourth-order valence-corrected chi connectivity index (χ4v) is 4.33. The van der Waals surface area contributed by atoms with Crippen molar-refractivity contribution in [1.82, 2.24) is 30.5 Å². The monoisotopic (exact) mass is 487 g/mol. The van der Waals surface area contributed by atoms with Crippen molar-refractivity contribution in [2.24, 2.45) is 0 Å². The Hall–Kier alpha value is -4.41. The SMILES string of the molecule is Cc1oc(N2CCC2)nc1COc1cc2c(cc1-c1nn[nH]n1)CCN(C(=O)/C=C/c1ccco1)C2. The van der Waals surface area contributed by atoms with E-state index in [4.69, 9.17) is 13.6 Å². The number of benzene rings is 1. The van der Waals surface area contributed by atoms with Crippen LogP contribution in [0, 0.1) is 6.92 Å². The number of hydrogen-bond acceptors (Lipinski definition) is 9. The van der Waals surface area contributed by atoms with Gasteiger partial charge in [0.05, 0.1) is 11.8 Å². The van der Waals surface area contributed by atoms with Crippen molar-refractivity contribution in [3.05, 3.63) is 64.9 Å². The second kappa shape index (κ2) is 9.33. The third-order valence-electron chi connectivity index (χ3n) is 6.52. The second-order valence-corrected chi connectivity index (χ2v) is 8.84. The van der Waals surface area contributed by atoms with Gasteiger partial charge in [0.15, 0.2) is 0 Å². The molecule has 2 aliphatic rings. The summed E-state index contributed by atoms with van der Waals surface area (Å²) >= 11 is 0. The number of carbonyl (C=O) groups is 1. The number of carbonyl (C=O) groups excluding carboxylic acids is 1. The van der Waals surface area contributed by atoms with Crippen molar-refractivity contribution in [3.8, 4) is 17.1 Å². The molecule has 1 fully saturated rings. The van der Waals surface area contributed by atoms with E-state index in [1.165, 1.54) is 6.08 Å². The molecular formula is C25H25N7O4. The first-order valence-electron chi connectivity index (χ1n) is 11.9. The van der Waals surface area contributed by atoms with Gasteiger partial charge >= 0.3 is 0 Å². The van der Waals surface area contributed by atoms with E-state index >= 15 is 0 Å². The predicted molar refractivity (Wildman–Crippen MR) is 129 cm³/mol. The van der Waals surface area contributed by atoms with Crippen LogP contribution in [0.25, 0.3) is 17.5 Å². The van der Waals surface area contributed by atoms with Gasteiger partial charge < -0.3 is 23.4 Å². The summed E-state index contributed by atoms with van der Waals surface area (Å²) in [6, 6.07) is 8.22. The summed E-state index contributed by atoms with van der Waals surface area (Å²) in [6.07, 6.45) is 6.66. The quantitative estimate of drug-likeness (QED) is 0.391. The fourth-order valence-electron chi connectivity index (χ4n) is 4.33. The number of aromatic nitrogens is 5. The maximum absolute atomic E-state index is 12.8. The van der Waals surface area contributed by atoms with E-state index in [1.54, 1.807) is 23.3 Å². The van der Waals surface area contributed by atoms with Gasteiger partial charge in [0.25, 0.3) is 6.01 Å². The van der Waals surface area contributed by atoms with Gasteiger partial charge in [-0.25, -0.2) is 0 Å². The molecule has 3 aromatic heterocycles. The van der Waals surface area contributed by atoms with E-state index in [2.05, 4.69) is 30.5 Å². The molecule has 0 saturated carbocycles. The zero-order valence-corrected chi connectivity index (χ0v) is 19.8. The van der Waals surface area contributed by atoms with E-state index in [0.717, 1.165) is 47.7 Å². The van der Waals surface area contributed by atoms with Gasteiger partial charge in [0, 0.05) is 32.3 Å². The molecule has 1 N–H and O–H groups in total. The van der Waals surface area contributed by atoms with Crippen LogP contribution in [-0.4, -0.2) is 56.0 Å². The number of oxazole rings is 1. The molecule has 2 aliphatic heterocycles.